The Morgan fingerprint density at radius 2 is 1.82 bits per heavy atom. The second-order valence-electron chi connectivity index (χ2n) is 7.37. The van der Waals surface area contributed by atoms with Crippen LogP contribution in [0, 0.1) is 11.3 Å². The van der Waals surface area contributed by atoms with Gasteiger partial charge in [-0.15, -0.1) is 0 Å². The summed E-state index contributed by atoms with van der Waals surface area (Å²) in [5.74, 6) is 1.32. The molecule has 1 N–H and O–H groups in total. The number of nitrogens with one attached hydrogen (secondary N) is 1. The monoisotopic (exact) mass is 468 g/mol. The van der Waals surface area contributed by atoms with Crippen LogP contribution >= 0.6 is 0 Å². The number of oxazole rings is 1. The number of hydrogen-bond donors (Lipinski definition) is 1. The van der Waals surface area contributed by atoms with Gasteiger partial charge in [0.1, 0.15) is 11.8 Å². The van der Waals surface area contributed by atoms with E-state index in [0.29, 0.717) is 38.4 Å². The van der Waals surface area contributed by atoms with Crippen molar-refractivity contribution in [1.82, 2.24) is 9.29 Å². The molecule has 4 rings (SSSR count). The third-order valence-electron chi connectivity index (χ3n) is 5.30. The Morgan fingerprint density at radius 1 is 1.12 bits per heavy atom. The Labute approximate surface area is 192 Å². The van der Waals surface area contributed by atoms with E-state index in [4.69, 9.17) is 13.9 Å². The molecule has 3 aromatic rings. The standard InChI is InChI=1S/C23H24N4O5S/c1-30-19-6-2-17(3-7-19)10-11-25-23-21(16-24)26-22(32-23)18-4-8-20(9-5-18)33(28,29)27-12-14-31-15-13-27/h2-9,25H,10-15H2,1H3. The van der Waals surface area contributed by atoms with Gasteiger partial charge in [-0.3, -0.25) is 0 Å². The van der Waals surface area contributed by atoms with E-state index in [9.17, 15) is 13.7 Å². The highest BCUT2D eigenvalue weighted by Gasteiger charge is 2.26. The van der Waals surface area contributed by atoms with Crippen molar-refractivity contribution in [3.05, 3.63) is 59.8 Å². The van der Waals surface area contributed by atoms with E-state index in [1.807, 2.05) is 30.3 Å². The molecule has 10 heteroatoms. The molecule has 9 nitrogen and oxygen atoms in total. The van der Waals surface area contributed by atoms with Crippen molar-refractivity contribution < 1.29 is 22.3 Å². The molecule has 0 spiro atoms. The maximum atomic E-state index is 12.8. The van der Waals surface area contributed by atoms with Crippen LogP contribution in [0.25, 0.3) is 11.5 Å². The van der Waals surface area contributed by atoms with E-state index >= 15 is 0 Å². The van der Waals surface area contributed by atoms with Crippen molar-refractivity contribution in [2.75, 3.05) is 45.3 Å². The quantitative estimate of drug-likeness (QED) is 0.536. The van der Waals surface area contributed by atoms with E-state index in [0.717, 1.165) is 17.7 Å². The first-order valence-corrected chi connectivity index (χ1v) is 11.9. The van der Waals surface area contributed by atoms with Gasteiger partial charge in [0.25, 0.3) is 0 Å². The number of nitrogens with zero attached hydrogens (tertiary/aromatic N) is 3. The number of anilines is 1. The molecule has 1 aromatic heterocycles. The Bertz CT molecular complexity index is 1230. The highest BCUT2D eigenvalue weighted by Crippen LogP contribution is 2.27. The molecule has 0 aliphatic carbocycles. The van der Waals surface area contributed by atoms with Crippen LogP contribution in [0.5, 0.6) is 5.75 Å². The molecule has 1 saturated heterocycles. The summed E-state index contributed by atoms with van der Waals surface area (Å²) in [6.45, 7) is 1.99. The van der Waals surface area contributed by atoms with Gasteiger partial charge in [0.2, 0.25) is 27.5 Å². The first-order valence-electron chi connectivity index (χ1n) is 10.5. The van der Waals surface area contributed by atoms with Crippen LogP contribution in [0.15, 0.2) is 57.8 Å². The van der Waals surface area contributed by atoms with E-state index in [-0.39, 0.29) is 22.4 Å². The van der Waals surface area contributed by atoms with Crippen LogP contribution in [-0.2, 0) is 21.2 Å². The van der Waals surface area contributed by atoms with Gasteiger partial charge >= 0.3 is 0 Å². The van der Waals surface area contributed by atoms with Crippen molar-refractivity contribution in [2.24, 2.45) is 0 Å². The third kappa shape index (κ3) is 5.17. The summed E-state index contributed by atoms with van der Waals surface area (Å²) < 4.78 is 43.1. The summed E-state index contributed by atoms with van der Waals surface area (Å²) in [4.78, 5) is 4.44. The van der Waals surface area contributed by atoms with E-state index in [1.54, 1.807) is 19.2 Å². The minimum Gasteiger partial charge on any atom is -0.497 e. The molecule has 2 aromatic carbocycles. The Kier molecular flexibility index (Phi) is 6.93. The van der Waals surface area contributed by atoms with Gasteiger partial charge in [-0.1, -0.05) is 12.1 Å². The fourth-order valence-corrected chi connectivity index (χ4v) is 4.87. The molecule has 33 heavy (non-hydrogen) atoms. The molecule has 0 amide bonds. The summed E-state index contributed by atoms with van der Waals surface area (Å²) in [6, 6.07) is 16.1. The lowest BCUT2D eigenvalue weighted by Gasteiger charge is -2.26. The lowest BCUT2D eigenvalue weighted by Crippen LogP contribution is -2.40. The van der Waals surface area contributed by atoms with Crippen molar-refractivity contribution in [2.45, 2.75) is 11.3 Å². The molecular formula is C23H24N4O5S. The van der Waals surface area contributed by atoms with Gasteiger partial charge in [0.05, 0.1) is 25.2 Å². The first-order chi connectivity index (χ1) is 16.0. The molecule has 1 fully saturated rings. The van der Waals surface area contributed by atoms with Crippen LogP contribution in [0.1, 0.15) is 11.3 Å². The Morgan fingerprint density at radius 3 is 2.45 bits per heavy atom. The second kappa shape index (κ2) is 10.0. The number of aromatic nitrogens is 1. The summed E-state index contributed by atoms with van der Waals surface area (Å²) in [7, 11) is -1.96. The maximum absolute atomic E-state index is 12.8. The van der Waals surface area contributed by atoms with Crippen LogP contribution in [0.3, 0.4) is 0 Å². The first kappa shape index (κ1) is 22.8. The zero-order valence-electron chi connectivity index (χ0n) is 18.2. The van der Waals surface area contributed by atoms with Gasteiger partial charge in [0, 0.05) is 25.2 Å². The SMILES string of the molecule is COc1ccc(CCNc2oc(-c3ccc(S(=O)(=O)N4CCOCC4)cc3)nc2C#N)cc1. The number of rotatable bonds is 8. The van der Waals surface area contributed by atoms with Gasteiger partial charge in [-0.05, 0) is 48.4 Å². The van der Waals surface area contributed by atoms with Gasteiger partial charge in [-0.25, -0.2) is 8.42 Å². The number of hydrogen-bond acceptors (Lipinski definition) is 8. The molecule has 0 radical (unpaired) electrons. The zero-order valence-corrected chi connectivity index (χ0v) is 19.0. The summed E-state index contributed by atoms with van der Waals surface area (Å²) in [6.07, 6.45) is 0.721. The molecule has 2 heterocycles. The predicted octanol–water partition coefficient (Wildman–Crippen LogP) is 2.90. The molecule has 0 unspecified atom stereocenters. The summed E-state index contributed by atoms with van der Waals surface area (Å²) >= 11 is 0. The molecule has 172 valence electrons. The molecule has 1 aliphatic rings. The van der Waals surface area contributed by atoms with Crippen LogP contribution in [0.4, 0.5) is 5.88 Å². The summed E-state index contributed by atoms with van der Waals surface area (Å²) in [5, 5.41) is 12.5. The Balaban J connectivity index is 1.44. The van der Waals surface area contributed by atoms with Gasteiger partial charge < -0.3 is 19.2 Å². The highest BCUT2D eigenvalue weighted by atomic mass is 32.2. The summed E-state index contributed by atoms with van der Waals surface area (Å²) in [5.41, 5.74) is 1.83. The lowest BCUT2D eigenvalue weighted by molar-refractivity contribution is 0.0730. The average molecular weight is 469 g/mol. The third-order valence-corrected chi connectivity index (χ3v) is 7.21. The maximum Gasteiger partial charge on any atom is 0.243 e. The minimum atomic E-state index is -3.58. The fraction of sp³-hybridized carbons (Fsp3) is 0.304. The molecule has 0 saturated carbocycles. The van der Waals surface area contributed by atoms with Crippen LogP contribution < -0.4 is 10.1 Å². The van der Waals surface area contributed by atoms with E-state index < -0.39 is 10.0 Å². The lowest BCUT2D eigenvalue weighted by atomic mass is 10.1. The minimum absolute atomic E-state index is 0.143. The van der Waals surface area contributed by atoms with E-state index in [1.165, 1.54) is 16.4 Å². The number of morpholine rings is 1. The normalized spacial score (nSPS) is 14.5. The average Bonchev–Trinajstić information content (AvgIpc) is 3.28. The van der Waals surface area contributed by atoms with Crippen molar-refractivity contribution >= 4 is 15.9 Å². The highest BCUT2D eigenvalue weighted by molar-refractivity contribution is 7.89. The van der Waals surface area contributed by atoms with E-state index in [2.05, 4.69) is 10.3 Å². The fourth-order valence-electron chi connectivity index (χ4n) is 3.46. The largest absolute Gasteiger partial charge is 0.497 e. The van der Waals surface area contributed by atoms with Crippen LogP contribution in [-0.4, -0.2) is 57.7 Å². The van der Waals surface area contributed by atoms with Crippen molar-refractivity contribution in [1.29, 1.82) is 5.26 Å². The number of nitriles is 1. The Hall–Kier alpha value is -3.39. The smallest absolute Gasteiger partial charge is 0.243 e. The van der Waals surface area contributed by atoms with Crippen molar-refractivity contribution in [3.63, 3.8) is 0 Å². The topological polar surface area (TPSA) is 118 Å². The van der Waals surface area contributed by atoms with Gasteiger partial charge in [0.15, 0.2) is 0 Å². The van der Waals surface area contributed by atoms with Crippen molar-refractivity contribution in [3.8, 4) is 23.3 Å². The molecule has 0 atom stereocenters. The van der Waals surface area contributed by atoms with Gasteiger partial charge in [-0.2, -0.15) is 14.6 Å². The predicted molar refractivity (Wildman–Crippen MR) is 121 cm³/mol. The number of ether oxygens (including phenoxy) is 2. The number of sulfonamides is 1. The second-order valence-corrected chi connectivity index (χ2v) is 9.31. The molecule has 1 aliphatic heterocycles. The molecular weight excluding hydrogens is 444 g/mol. The zero-order chi connectivity index (χ0) is 23.3. The molecule has 0 bridgehead atoms. The number of methoxy groups -OCH3 is 1. The van der Waals surface area contributed by atoms with Crippen LogP contribution in [0.2, 0.25) is 0 Å². The number of benzene rings is 2.